The van der Waals surface area contributed by atoms with E-state index in [2.05, 4.69) is 0 Å². The van der Waals surface area contributed by atoms with E-state index in [1.807, 2.05) is 32.9 Å². The van der Waals surface area contributed by atoms with Crippen LogP contribution in [0.5, 0.6) is 0 Å². The summed E-state index contributed by atoms with van der Waals surface area (Å²) >= 11 is 0. The Hall–Kier alpha value is -1.65. The van der Waals surface area contributed by atoms with E-state index < -0.39 is 0 Å². The molecule has 4 nitrogen and oxygen atoms in total. The van der Waals surface area contributed by atoms with E-state index in [0.29, 0.717) is 12.0 Å². The van der Waals surface area contributed by atoms with Crippen molar-refractivity contribution in [2.45, 2.75) is 39.4 Å². The fourth-order valence-corrected chi connectivity index (χ4v) is 4.97. The van der Waals surface area contributed by atoms with Gasteiger partial charge in [0.25, 0.3) is 0 Å². The Bertz CT molecular complexity index is 710. The second-order valence-corrected chi connectivity index (χ2v) is 7.27. The van der Waals surface area contributed by atoms with Crippen LogP contribution >= 0.6 is 0 Å². The van der Waals surface area contributed by atoms with Crippen molar-refractivity contribution in [3.05, 3.63) is 40.1 Å². The number of ether oxygens (including phenoxy) is 1. The molecule has 0 amide bonds. The van der Waals surface area contributed by atoms with E-state index in [1.165, 1.54) is 0 Å². The van der Waals surface area contributed by atoms with Crippen LogP contribution in [0.4, 0.5) is 0 Å². The smallest absolute Gasteiger partial charge is 0.173 e. The third-order valence-corrected chi connectivity index (χ3v) is 5.76. The molecule has 4 heteroatoms. The van der Waals surface area contributed by atoms with Crippen molar-refractivity contribution in [3.8, 4) is 0 Å². The van der Waals surface area contributed by atoms with Crippen molar-refractivity contribution >= 4 is 11.4 Å². The predicted octanol–water partition coefficient (Wildman–Crippen LogP) is 2.48. The summed E-state index contributed by atoms with van der Waals surface area (Å²) in [5.41, 5.74) is 4.53. The zero-order valence-corrected chi connectivity index (χ0v) is 13.7. The number of carbonyl (C=O) groups is 1. The quantitative estimate of drug-likeness (QED) is 0.880. The van der Waals surface area contributed by atoms with Crippen molar-refractivity contribution in [2.24, 2.45) is 17.8 Å². The highest BCUT2D eigenvalue weighted by molar-refractivity contribution is 6.26. The molecule has 2 saturated heterocycles. The van der Waals surface area contributed by atoms with Crippen LogP contribution in [-0.4, -0.2) is 34.8 Å². The molecule has 2 N–H and O–H groups in total. The SMILES string of the molecule is Cc1cc(C)c(C2=C(O)[C@H]3[C@@H](C2=O)[C@@H]2CC(CO)[C@H]3O2)c(C)c1. The van der Waals surface area contributed by atoms with Gasteiger partial charge in [-0.2, -0.15) is 0 Å². The molecule has 2 aliphatic heterocycles. The van der Waals surface area contributed by atoms with Gasteiger partial charge in [-0.05, 0) is 43.9 Å². The molecule has 2 heterocycles. The van der Waals surface area contributed by atoms with Gasteiger partial charge in [-0.3, -0.25) is 4.79 Å². The normalized spacial score (nSPS) is 35.3. The number of allylic oxidation sites excluding steroid dienone is 1. The summed E-state index contributed by atoms with van der Waals surface area (Å²) in [6, 6.07) is 4.09. The Balaban J connectivity index is 1.83. The minimum Gasteiger partial charge on any atom is -0.511 e. The summed E-state index contributed by atoms with van der Waals surface area (Å²) in [4.78, 5) is 13.0. The van der Waals surface area contributed by atoms with Gasteiger partial charge < -0.3 is 14.9 Å². The van der Waals surface area contributed by atoms with Gasteiger partial charge in [0.15, 0.2) is 5.78 Å². The maximum Gasteiger partial charge on any atom is 0.173 e. The maximum atomic E-state index is 13.0. The lowest BCUT2D eigenvalue weighted by Gasteiger charge is -2.25. The largest absolute Gasteiger partial charge is 0.511 e. The molecular formula is C19H22O4. The second kappa shape index (κ2) is 4.92. The number of aliphatic hydroxyl groups excluding tert-OH is 2. The molecule has 0 aromatic heterocycles. The van der Waals surface area contributed by atoms with E-state index in [-0.39, 0.29) is 48.1 Å². The standard InChI is InChI=1S/C19H22O4/c1-8-4-9(2)13(10(3)5-8)15-17(21)14-12-6-11(7-20)19(23-12)16(14)18(15)22/h4-5,11-12,14,16,19-20,22H,6-7H2,1-3H3/t11?,12-,14-,16+,19+/m0/s1. The van der Waals surface area contributed by atoms with E-state index >= 15 is 0 Å². The molecule has 23 heavy (non-hydrogen) atoms. The number of hydrogen-bond donors (Lipinski definition) is 2. The highest BCUT2D eigenvalue weighted by Crippen LogP contribution is 2.55. The van der Waals surface area contributed by atoms with Gasteiger partial charge in [0, 0.05) is 12.5 Å². The molecule has 1 aromatic carbocycles. The first kappa shape index (κ1) is 14.9. The molecule has 0 radical (unpaired) electrons. The zero-order chi connectivity index (χ0) is 16.5. The number of hydrogen-bond acceptors (Lipinski definition) is 4. The van der Waals surface area contributed by atoms with Crippen LogP contribution in [0.15, 0.2) is 17.9 Å². The van der Waals surface area contributed by atoms with Gasteiger partial charge in [-0.25, -0.2) is 0 Å². The summed E-state index contributed by atoms with van der Waals surface area (Å²) in [5, 5.41) is 20.3. The van der Waals surface area contributed by atoms with Crippen LogP contribution in [0.3, 0.4) is 0 Å². The van der Waals surface area contributed by atoms with E-state index in [4.69, 9.17) is 4.74 Å². The van der Waals surface area contributed by atoms with Crippen molar-refractivity contribution in [1.29, 1.82) is 0 Å². The lowest BCUT2D eigenvalue weighted by molar-refractivity contribution is -0.118. The van der Waals surface area contributed by atoms with E-state index in [9.17, 15) is 15.0 Å². The Kier molecular flexibility index (Phi) is 3.19. The first-order valence-corrected chi connectivity index (χ1v) is 8.26. The minimum absolute atomic E-state index is 0.00597. The summed E-state index contributed by atoms with van der Waals surface area (Å²) in [5.74, 6) is -0.366. The third kappa shape index (κ3) is 1.88. The number of fused-ring (bicyclic) bond motifs is 5. The lowest BCUT2D eigenvalue weighted by atomic mass is 9.75. The molecule has 2 fully saturated rings. The van der Waals surface area contributed by atoms with Gasteiger partial charge in [0.2, 0.25) is 0 Å². The third-order valence-electron chi connectivity index (χ3n) is 5.76. The fraction of sp³-hybridized carbons (Fsp3) is 0.526. The number of benzene rings is 1. The summed E-state index contributed by atoms with van der Waals surface area (Å²) < 4.78 is 5.87. The van der Waals surface area contributed by atoms with Crippen molar-refractivity contribution in [1.82, 2.24) is 0 Å². The predicted molar refractivity (Wildman–Crippen MR) is 86.0 cm³/mol. The molecule has 1 aromatic rings. The Morgan fingerprint density at radius 3 is 2.43 bits per heavy atom. The topological polar surface area (TPSA) is 66.8 Å². The van der Waals surface area contributed by atoms with Crippen LogP contribution in [0.1, 0.15) is 28.7 Å². The molecular weight excluding hydrogens is 292 g/mol. The Morgan fingerprint density at radius 2 is 1.83 bits per heavy atom. The number of aliphatic hydroxyl groups is 2. The molecule has 0 spiro atoms. The zero-order valence-electron chi connectivity index (χ0n) is 13.7. The Labute approximate surface area is 135 Å². The molecule has 2 bridgehead atoms. The van der Waals surface area contributed by atoms with Gasteiger partial charge in [-0.15, -0.1) is 0 Å². The van der Waals surface area contributed by atoms with Crippen LogP contribution in [0.25, 0.3) is 5.57 Å². The van der Waals surface area contributed by atoms with Gasteiger partial charge in [0.05, 0.1) is 29.6 Å². The first-order valence-electron chi connectivity index (χ1n) is 8.26. The average Bonchev–Trinajstić information content (AvgIpc) is 3.12. The summed E-state index contributed by atoms with van der Waals surface area (Å²) in [6.45, 7) is 6.05. The number of ketones is 1. The van der Waals surface area contributed by atoms with Crippen LogP contribution in [0, 0.1) is 38.5 Å². The van der Waals surface area contributed by atoms with E-state index in [0.717, 1.165) is 22.3 Å². The van der Waals surface area contributed by atoms with Crippen molar-refractivity contribution < 1.29 is 19.7 Å². The molecule has 1 aliphatic carbocycles. The number of carbonyl (C=O) groups excluding carboxylic acids is 1. The maximum absolute atomic E-state index is 13.0. The number of rotatable bonds is 2. The molecule has 0 saturated carbocycles. The average molecular weight is 314 g/mol. The summed E-state index contributed by atoms with van der Waals surface area (Å²) in [6.07, 6.45) is 0.309. The van der Waals surface area contributed by atoms with Crippen molar-refractivity contribution in [2.75, 3.05) is 6.61 Å². The second-order valence-electron chi connectivity index (χ2n) is 7.27. The first-order chi connectivity index (χ1) is 10.9. The molecule has 5 atom stereocenters. The number of aryl methyl sites for hydroxylation is 3. The Morgan fingerprint density at radius 1 is 1.17 bits per heavy atom. The monoisotopic (exact) mass is 314 g/mol. The molecule has 1 unspecified atom stereocenters. The fourth-order valence-electron chi connectivity index (χ4n) is 4.97. The summed E-state index contributed by atoms with van der Waals surface area (Å²) in [7, 11) is 0. The molecule has 3 aliphatic rings. The minimum atomic E-state index is -0.284. The molecule has 4 rings (SSSR count). The van der Waals surface area contributed by atoms with Crippen LogP contribution in [0.2, 0.25) is 0 Å². The van der Waals surface area contributed by atoms with Gasteiger partial charge >= 0.3 is 0 Å². The highest BCUT2D eigenvalue weighted by Gasteiger charge is 2.62. The van der Waals surface area contributed by atoms with Crippen LogP contribution < -0.4 is 0 Å². The van der Waals surface area contributed by atoms with Crippen LogP contribution in [-0.2, 0) is 9.53 Å². The van der Waals surface area contributed by atoms with Gasteiger partial charge in [0.1, 0.15) is 5.76 Å². The van der Waals surface area contributed by atoms with Gasteiger partial charge in [-0.1, -0.05) is 17.7 Å². The van der Waals surface area contributed by atoms with Crippen molar-refractivity contribution in [3.63, 3.8) is 0 Å². The number of Topliss-reactive ketones (excluding diaryl/α,β-unsaturated/α-hetero) is 1. The highest BCUT2D eigenvalue weighted by atomic mass is 16.5. The van der Waals surface area contributed by atoms with E-state index in [1.54, 1.807) is 0 Å². The molecule has 122 valence electrons. The lowest BCUT2D eigenvalue weighted by Crippen LogP contribution is -2.35.